The molecule has 4 heteroatoms. The summed E-state index contributed by atoms with van der Waals surface area (Å²) < 4.78 is 0. The van der Waals surface area contributed by atoms with Crippen LogP contribution in [0.4, 0.5) is 11.4 Å². The van der Waals surface area contributed by atoms with Gasteiger partial charge in [0.15, 0.2) is 0 Å². The van der Waals surface area contributed by atoms with E-state index < -0.39 is 0 Å². The normalized spacial score (nSPS) is 9.62. The second kappa shape index (κ2) is 3.80. The summed E-state index contributed by atoms with van der Waals surface area (Å²) in [5.74, 6) is -0.0588. The molecule has 0 fully saturated rings. The van der Waals surface area contributed by atoms with Crippen LogP contribution in [0.15, 0.2) is 18.2 Å². The van der Waals surface area contributed by atoms with Gasteiger partial charge in [-0.25, -0.2) is 0 Å². The van der Waals surface area contributed by atoms with Crippen LogP contribution in [0.5, 0.6) is 0 Å². The Morgan fingerprint density at radius 3 is 2.69 bits per heavy atom. The van der Waals surface area contributed by atoms with E-state index in [1.165, 1.54) is 0 Å². The van der Waals surface area contributed by atoms with Crippen LogP contribution in [-0.4, -0.2) is 13.0 Å². The van der Waals surface area contributed by atoms with Crippen molar-refractivity contribution in [2.45, 2.75) is 6.42 Å². The molecule has 1 aromatic rings. The van der Waals surface area contributed by atoms with Gasteiger partial charge in [0, 0.05) is 18.4 Å². The van der Waals surface area contributed by atoms with Crippen molar-refractivity contribution in [3.63, 3.8) is 0 Å². The van der Waals surface area contributed by atoms with E-state index in [1.54, 1.807) is 25.2 Å². The topological polar surface area (TPSA) is 81.1 Å². The monoisotopic (exact) mass is 179 g/mol. The van der Waals surface area contributed by atoms with Gasteiger partial charge in [0.25, 0.3) is 0 Å². The highest BCUT2D eigenvalue weighted by molar-refractivity contribution is 5.80. The summed E-state index contributed by atoms with van der Waals surface area (Å²) in [5, 5.41) is 2.53. The Morgan fingerprint density at radius 2 is 2.15 bits per heavy atom. The number of nitrogens with two attached hydrogens (primary N) is 2. The largest absolute Gasteiger partial charge is 0.399 e. The Morgan fingerprint density at radius 1 is 1.46 bits per heavy atom. The van der Waals surface area contributed by atoms with Gasteiger partial charge in [0.2, 0.25) is 5.91 Å². The number of hydrogen-bond acceptors (Lipinski definition) is 3. The number of nitrogens with one attached hydrogen (secondary N) is 1. The first-order valence-corrected chi connectivity index (χ1v) is 3.98. The maximum Gasteiger partial charge on any atom is 0.224 e. The smallest absolute Gasteiger partial charge is 0.224 e. The minimum atomic E-state index is -0.0588. The summed E-state index contributed by atoms with van der Waals surface area (Å²) in [5.41, 5.74) is 13.1. The number of anilines is 2. The molecule has 0 aliphatic heterocycles. The standard InChI is InChI=1S/C9H13N3O/c1-12-9(13)4-6-2-3-7(10)5-8(6)11/h2-3,5H,4,10-11H2,1H3,(H,12,13). The molecule has 13 heavy (non-hydrogen) atoms. The molecule has 0 radical (unpaired) electrons. The van der Waals surface area contributed by atoms with Crippen LogP contribution < -0.4 is 16.8 Å². The molecule has 4 nitrogen and oxygen atoms in total. The van der Waals surface area contributed by atoms with E-state index in [-0.39, 0.29) is 5.91 Å². The van der Waals surface area contributed by atoms with Gasteiger partial charge in [0.1, 0.15) is 0 Å². The van der Waals surface area contributed by atoms with Crippen molar-refractivity contribution in [1.29, 1.82) is 0 Å². The molecule has 70 valence electrons. The molecule has 0 saturated heterocycles. The zero-order valence-corrected chi connectivity index (χ0v) is 7.50. The summed E-state index contributed by atoms with van der Waals surface area (Å²) in [7, 11) is 1.59. The molecule has 1 amide bonds. The molecular weight excluding hydrogens is 166 g/mol. The molecule has 0 aliphatic carbocycles. The van der Waals surface area contributed by atoms with Crippen LogP contribution in [0.3, 0.4) is 0 Å². The molecule has 0 aromatic heterocycles. The summed E-state index contributed by atoms with van der Waals surface area (Å²) >= 11 is 0. The van der Waals surface area contributed by atoms with E-state index in [0.717, 1.165) is 5.56 Å². The van der Waals surface area contributed by atoms with Crippen molar-refractivity contribution >= 4 is 17.3 Å². The lowest BCUT2D eigenvalue weighted by molar-refractivity contribution is -0.119. The predicted octanol–water partition coefficient (Wildman–Crippen LogP) is 0.139. The number of benzene rings is 1. The molecule has 5 N–H and O–H groups in total. The SMILES string of the molecule is CNC(=O)Cc1ccc(N)cc1N. The molecule has 0 spiro atoms. The van der Waals surface area contributed by atoms with Gasteiger partial charge >= 0.3 is 0 Å². The fourth-order valence-corrected chi connectivity index (χ4v) is 1.04. The minimum Gasteiger partial charge on any atom is -0.399 e. The molecule has 1 aromatic carbocycles. The number of carbonyl (C=O) groups excluding carboxylic acids is 1. The molecular formula is C9H13N3O. The predicted molar refractivity (Wildman–Crippen MR) is 53.0 cm³/mol. The van der Waals surface area contributed by atoms with Gasteiger partial charge in [0.05, 0.1) is 6.42 Å². The van der Waals surface area contributed by atoms with Crippen LogP contribution in [0.2, 0.25) is 0 Å². The lowest BCUT2D eigenvalue weighted by atomic mass is 10.1. The first-order chi connectivity index (χ1) is 6.13. The summed E-state index contributed by atoms with van der Waals surface area (Å²) in [4.78, 5) is 11.0. The Kier molecular flexibility index (Phi) is 2.74. The maximum absolute atomic E-state index is 11.0. The van der Waals surface area contributed by atoms with Gasteiger partial charge in [-0.3, -0.25) is 4.79 Å². The molecule has 0 bridgehead atoms. The van der Waals surface area contributed by atoms with Crippen molar-refractivity contribution < 1.29 is 4.79 Å². The van der Waals surface area contributed by atoms with E-state index in [2.05, 4.69) is 5.32 Å². The number of carbonyl (C=O) groups is 1. The fourth-order valence-electron chi connectivity index (χ4n) is 1.04. The number of likely N-dealkylation sites (N-methyl/N-ethyl adjacent to an activating group) is 1. The van der Waals surface area contributed by atoms with Gasteiger partial charge < -0.3 is 16.8 Å². The van der Waals surface area contributed by atoms with Crippen LogP contribution >= 0.6 is 0 Å². The highest BCUT2D eigenvalue weighted by atomic mass is 16.1. The second-order valence-corrected chi connectivity index (χ2v) is 2.81. The van der Waals surface area contributed by atoms with Crippen LogP contribution in [0.25, 0.3) is 0 Å². The third-order valence-corrected chi connectivity index (χ3v) is 1.80. The number of hydrogen-bond donors (Lipinski definition) is 3. The summed E-state index contributed by atoms with van der Waals surface area (Å²) in [6, 6.07) is 5.15. The van der Waals surface area contributed by atoms with E-state index in [9.17, 15) is 4.79 Å². The van der Waals surface area contributed by atoms with Crippen LogP contribution in [0.1, 0.15) is 5.56 Å². The Hall–Kier alpha value is -1.71. The third kappa shape index (κ3) is 2.37. The Labute approximate surface area is 76.9 Å². The average Bonchev–Trinajstić information content (AvgIpc) is 2.09. The van der Waals surface area contributed by atoms with Crippen LogP contribution in [-0.2, 0) is 11.2 Å². The zero-order chi connectivity index (χ0) is 9.84. The highest BCUT2D eigenvalue weighted by Gasteiger charge is 2.04. The van der Waals surface area contributed by atoms with E-state index in [0.29, 0.717) is 17.8 Å². The third-order valence-electron chi connectivity index (χ3n) is 1.80. The molecule has 0 atom stereocenters. The molecule has 1 rings (SSSR count). The van der Waals surface area contributed by atoms with Crippen molar-refractivity contribution in [3.8, 4) is 0 Å². The molecule has 0 heterocycles. The molecule has 0 unspecified atom stereocenters. The van der Waals surface area contributed by atoms with Crippen molar-refractivity contribution in [2.75, 3.05) is 18.5 Å². The number of amides is 1. The molecule has 0 saturated carbocycles. The first kappa shape index (κ1) is 9.38. The number of nitrogen functional groups attached to an aromatic ring is 2. The minimum absolute atomic E-state index is 0.0588. The van der Waals surface area contributed by atoms with E-state index in [4.69, 9.17) is 11.5 Å². The fraction of sp³-hybridized carbons (Fsp3) is 0.222. The summed E-state index contributed by atoms with van der Waals surface area (Å²) in [6.45, 7) is 0. The van der Waals surface area contributed by atoms with Crippen molar-refractivity contribution in [2.24, 2.45) is 0 Å². The first-order valence-electron chi connectivity index (χ1n) is 3.98. The van der Waals surface area contributed by atoms with Crippen LogP contribution in [0, 0.1) is 0 Å². The van der Waals surface area contributed by atoms with Gasteiger partial charge in [-0.15, -0.1) is 0 Å². The molecule has 0 aliphatic rings. The Balaban J connectivity index is 2.83. The quantitative estimate of drug-likeness (QED) is 0.565. The zero-order valence-electron chi connectivity index (χ0n) is 7.50. The number of rotatable bonds is 2. The van der Waals surface area contributed by atoms with E-state index in [1.807, 2.05) is 0 Å². The summed E-state index contributed by atoms with van der Waals surface area (Å²) in [6.07, 6.45) is 0.294. The second-order valence-electron chi connectivity index (χ2n) is 2.81. The lowest BCUT2D eigenvalue weighted by Crippen LogP contribution is -2.20. The highest BCUT2D eigenvalue weighted by Crippen LogP contribution is 2.15. The van der Waals surface area contributed by atoms with Gasteiger partial charge in [-0.05, 0) is 17.7 Å². The van der Waals surface area contributed by atoms with Crippen molar-refractivity contribution in [1.82, 2.24) is 5.32 Å². The lowest BCUT2D eigenvalue weighted by Gasteiger charge is -2.05. The van der Waals surface area contributed by atoms with Gasteiger partial charge in [-0.1, -0.05) is 6.07 Å². The average molecular weight is 179 g/mol. The Bertz CT molecular complexity index is 323. The van der Waals surface area contributed by atoms with E-state index >= 15 is 0 Å². The maximum atomic E-state index is 11.0. The van der Waals surface area contributed by atoms with Gasteiger partial charge in [-0.2, -0.15) is 0 Å². The van der Waals surface area contributed by atoms with Crippen molar-refractivity contribution in [3.05, 3.63) is 23.8 Å².